The van der Waals surface area contributed by atoms with Gasteiger partial charge in [0.2, 0.25) is 5.91 Å². The molecule has 0 aliphatic carbocycles. The quantitative estimate of drug-likeness (QED) is 0.701. The molecule has 1 heterocycles. The Hall–Kier alpha value is -2.73. The number of carboxylic acid groups (broad SMARTS) is 1. The molecule has 1 aliphatic rings. The number of ether oxygens (including phenoxy) is 2. The van der Waals surface area contributed by atoms with Gasteiger partial charge in [-0.25, -0.2) is 0 Å². The summed E-state index contributed by atoms with van der Waals surface area (Å²) in [6, 6.07) is 14.6. The second kappa shape index (κ2) is 8.77. The molecule has 1 saturated heterocycles. The first-order chi connectivity index (χ1) is 13.0. The Bertz CT molecular complexity index is 811. The SMILES string of the molecule is O=C(O)C1CC(=O)N(Cc2cc(Cl)ccc2OCCOc2ccccc2)C1. The molecule has 7 heteroatoms. The van der Waals surface area contributed by atoms with E-state index in [-0.39, 0.29) is 25.4 Å². The van der Waals surface area contributed by atoms with Gasteiger partial charge in [0, 0.05) is 30.1 Å². The predicted octanol–water partition coefficient (Wildman–Crippen LogP) is 3.23. The average molecular weight is 390 g/mol. The van der Waals surface area contributed by atoms with Gasteiger partial charge in [-0.3, -0.25) is 9.59 Å². The van der Waals surface area contributed by atoms with E-state index in [1.807, 2.05) is 30.3 Å². The zero-order valence-electron chi connectivity index (χ0n) is 14.6. The molecular weight excluding hydrogens is 370 g/mol. The topological polar surface area (TPSA) is 76.1 Å². The Labute approximate surface area is 162 Å². The van der Waals surface area contributed by atoms with Crippen molar-refractivity contribution in [2.75, 3.05) is 19.8 Å². The maximum Gasteiger partial charge on any atom is 0.308 e. The van der Waals surface area contributed by atoms with Crippen LogP contribution in [0.25, 0.3) is 0 Å². The Morgan fingerprint density at radius 1 is 1.15 bits per heavy atom. The van der Waals surface area contributed by atoms with Crippen molar-refractivity contribution in [1.82, 2.24) is 4.90 Å². The minimum atomic E-state index is -0.952. The van der Waals surface area contributed by atoms with E-state index < -0.39 is 11.9 Å². The Morgan fingerprint density at radius 2 is 1.89 bits per heavy atom. The van der Waals surface area contributed by atoms with Crippen molar-refractivity contribution in [2.24, 2.45) is 5.92 Å². The molecule has 0 spiro atoms. The van der Waals surface area contributed by atoms with E-state index in [1.165, 1.54) is 4.90 Å². The number of carboxylic acids is 1. The van der Waals surface area contributed by atoms with Crippen molar-refractivity contribution in [3.8, 4) is 11.5 Å². The summed E-state index contributed by atoms with van der Waals surface area (Å²) < 4.78 is 11.4. The summed E-state index contributed by atoms with van der Waals surface area (Å²) in [4.78, 5) is 24.7. The predicted molar refractivity (Wildman–Crippen MR) is 100 cm³/mol. The molecule has 0 aromatic heterocycles. The molecule has 1 N–H and O–H groups in total. The first-order valence-corrected chi connectivity index (χ1v) is 9.00. The summed E-state index contributed by atoms with van der Waals surface area (Å²) >= 11 is 6.08. The number of benzene rings is 2. The standard InChI is InChI=1S/C20H20ClNO5/c21-16-6-7-18(27-9-8-26-17-4-2-1-3-5-17)14(10-16)12-22-13-15(20(24)25)11-19(22)23/h1-7,10,15H,8-9,11-13H2,(H,24,25). The van der Waals surface area contributed by atoms with Crippen LogP contribution in [-0.4, -0.2) is 41.6 Å². The molecule has 0 radical (unpaired) electrons. The molecule has 6 nitrogen and oxygen atoms in total. The summed E-state index contributed by atoms with van der Waals surface area (Å²) in [5, 5.41) is 9.64. The highest BCUT2D eigenvalue weighted by Crippen LogP contribution is 2.27. The molecule has 142 valence electrons. The molecular formula is C20H20ClNO5. The largest absolute Gasteiger partial charge is 0.490 e. The lowest BCUT2D eigenvalue weighted by molar-refractivity contribution is -0.141. The highest BCUT2D eigenvalue weighted by atomic mass is 35.5. The summed E-state index contributed by atoms with van der Waals surface area (Å²) in [5.41, 5.74) is 0.738. The highest BCUT2D eigenvalue weighted by Gasteiger charge is 2.34. The number of hydrogen-bond acceptors (Lipinski definition) is 4. The molecule has 1 fully saturated rings. The third-order valence-electron chi connectivity index (χ3n) is 4.30. The Morgan fingerprint density at radius 3 is 2.59 bits per heavy atom. The number of likely N-dealkylation sites (tertiary alicyclic amines) is 1. The summed E-state index contributed by atoms with van der Waals surface area (Å²) in [5.74, 6) is -0.435. The van der Waals surface area contributed by atoms with Crippen molar-refractivity contribution in [1.29, 1.82) is 0 Å². The van der Waals surface area contributed by atoms with Crippen LogP contribution in [0.4, 0.5) is 0 Å². The smallest absolute Gasteiger partial charge is 0.308 e. The lowest BCUT2D eigenvalue weighted by atomic mass is 10.1. The minimum absolute atomic E-state index is 0.0248. The molecule has 0 saturated carbocycles. The van der Waals surface area contributed by atoms with E-state index in [0.717, 1.165) is 11.3 Å². The van der Waals surface area contributed by atoms with E-state index in [0.29, 0.717) is 24.0 Å². The van der Waals surface area contributed by atoms with E-state index in [4.69, 9.17) is 26.2 Å². The van der Waals surface area contributed by atoms with Crippen molar-refractivity contribution < 1.29 is 24.2 Å². The van der Waals surface area contributed by atoms with Crippen LogP contribution in [0.3, 0.4) is 0 Å². The second-order valence-corrected chi connectivity index (χ2v) is 6.71. The third-order valence-corrected chi connectivity index (χ3v) is 4.54. The fraction of sp³-hybridized carbons (Fsp3) is 0.300. The van der Waals surface area contributed by atoms with Gasteiger partial charge >= 0.3 is 5.97 Å². The van der Waals surface area contributed by atoms with Crippen molar-refractivity contribution >= 4 is 23.5 Å². The van der Waals surface area contributed by atoms with Gasteiger partial charge in [0.25, 0.3) is 0 Å². The van der Waals surface area contributed by atoms with E-state index in [1.54, 1.807) is 18.2 Å². The minimum Gasteiger partial charge on any atom is -0.490 e. The molecule has 27 heavy (non-hydrogen) atoms. The van der Waals surface area contributed by atoms with Crippen LogP contribution >= 0.6 is 11.6 Å². The van der Waals surface area contributed by atoms with Gasteiger partial charge < -0.3 is 19.5 Å². The van der Waals surface area contributed by atoms with Gasteiger partial charge in [0.05, 0.1) is 5.92 Å². The Balaban J connectivity index is 1.59. The van der Waals surface area contributed by atoms with E-state index in [2.05, 4.69) is 0 Å². The number of carbonyl (C=O) groups is 2. The first-order valence-electron chi connectivity index (χ1n) is 8.62. The van der Waals surface area contributed by atoms with Gasteiger partial charge in [0.15, 0.2) is 0 Å². The van der Waals surface area contributed by atoms with Crippen LogP contribution in [0.5, 0.6) is 11.5 Å². The van der Waals surface area contributed by atoms with Crippen LogP contribution in [0.1, 0.15) is 12.0 Å². The number of hydrogen-bond donors (Lipinski definition) is 1. The van der Waals surface area contributed by atoms with Gasteiger partial charge in [-0.15, -0.1) is 0 Å². The fourth-order valence-corrected chi connectivity index (χ4v) is 3.13. The van der Waals surface area contributed by atoms with Crippen molar-refractivity contribution in [3.63, 3.8) is 0 Å². The number of amides is 1. The average Bonchev–Trinajstić information content (AvgIpc) is 3.02. The normalized spacial score (nSPS) is 16.4. The third kappa shape index (κ3) is 5.14. The number of halogens is 1. The number of carbonyl (C=O) groups excluding carboxylic acids is 1. The molecule has 2 aromatic carbocycles. The van der Waals surface area contributed by atoms with Gasteiger partial charge in [-0.05, 0) is 30.3 Å². The van der Waals surface area contributed by atoms with Crippen LogP contribution in [0, 0.1) is 5.92 Å². The van der Waals surface area contributed by atoms with E-state index >= 15 is 0 Å². The molecule has 1 unspecified atom stereocenters. The number of rotatable bonds is 8. The maximum atomic E-state index is 12.1. The second-order valence-electron chi connectivity index (χ2n) is 6.28. The van der Waals surface area contributed by atoms with Crippen LogP contribution < -0.4 is 9.47 Å². The van der Waals surface area contributed by atoms with Crippen molar-refractivity contribution in [2.45, 2.75) is 13.0 Å². The van der Waals surface area contributed by atoms with Gasteiger partial charge in [-0.2, -0.15) is 0 Å². The van der Waals surface area contributed by atoms with Gasteiger partial charge in [-0.1, -0.05) is 29.8 Å². The Kier molecular flexibility index (Phi) is 6.19. The summed E-state index contributed by atoms with van der Waals surface area (Å²) in [6.07, 6.45) is 0.0248. The zero-order valence-corrected chi connectivity index (χ0v) is 15.4. The molecule has 0 bridgehead atoms. The highest BCUT2D eigenvalue weighted by molar-refractivity contribution is 6.30. The first kappa shape index (κ1) is 19.0. The lowest BCUT2D eigenvalue weighted by Crippen LogP contribution is -2.26. The number of nitrogens with zero attached hydrogens (tertiary/aromatic N) is 1. The number of para-hydroxylation sites is 1. The number of aliphatic carboxylic acids is 1. The molecule has 3 rings (SSSR count). The van der Waals surface area contributed by atoms with E-state index in [9.17, 15) is 9.59 Å². The molecule has 1 aliphatic heterocycles. The molecule has 1 atom stereocenters. The molecule has 2 aromatic rings. The van der Waals surface area contributed by atoms with Crippen LogP contribution in [0.2, 0.25) is 5.02 Å². The van der Waals surface area contributed by atoms with Crippen molar-refractivity contribution in [3.05, 3.63) is 59.1 Å². The van der Waals surface area contributed by atoms with Gasteiger partial charge in [0.1, 0.15) is 24.7 Å². The zero-order chi connectivity index (χ0) is 19.2. The van der Waals surface area contributed by atoms with Crippen LogP contribution in [0.15, 0.2) is 48.5 Å². The fourth-order valence-electron chi connectivity index (χ4n) is 2.94. The van der Waals surface area contributed by atoms with Crippen LogP contribution in [-0.2, 0) is 16.1 Å². The molecule has 1 amide bonds. The summed E-state index contributed by atoms with van der Waals surface area (Å²) in [6.45, 7) is 1.15. The maximum absolute atomic E-state index is 12.1. The monoisotopic (exact) mass is 389 g/mol. The lowest BCUT2D eigenvalue weighted by Gasteiger charge is -2.19. The summed E-state index contributed by atoms with van der Waals surface area (Å²) in [7, 11) is 0.